The number of cyclic esters (lactones) is 1. The second kappa shape index (κ2) is 16.2. The number of aryl methyl sites for hydroxylation is 2. The number of hydrogen-bond donors (Lipinski definition) is 2. The third-order valence-electron chi connectivity index (χ3n) is 11.2. The predicted molar refractivity (Wildman–Crippen MR) is 209 cm³/mol. The van der Waals surface area contributed by atoms with Gasteiger partial charge in [0.05, 0.1) is 31.2 Å². The topological polar surface area (TPSA) is 135 Å². The number of carbonyl (C=O) groups excluding carboxylic acids is 4. The zero-order chi connectivity index (χ0) is 38.9. The van der Waals surface area contributed by atoms with Gasteiger partial charge in [0.25, 0.3) is 5.91 Å². The fraction of sp³-hybridized carbons (Fsp3) is 0.395. The van der Waals surface area contributed by atoms with Gasteiger partial charge in [0.1, 0.15) is 29.8 Å². The lowest BCUT2D eigenvalue weighted by Crippen LogP contribution is -2.59. The molecule has 0 unspecified atom stereocenters. The summed E-state index contributed by atoms with van der Waals surface area (Å²) in [4.78, 5) is 62.0. The van der Waals surface area contributed by atoms with Gasteiger partial charge in [-0.15, -0.1) is 0 Å². The van der Waals surface area contributed by atoms with E-state index in [1.807, 2.05) is 92.7 Å². The van der Waals surface area contributed by atoms with E-state index in [1.165, 1.54) is 12.0 Å². The fourth-order valence-electron chi connectivity index (χ4n) is 8.81. The van der Waals surface area contributed by atoms with E-state index in [0.717, 1.165) is 16.7 Å². The molecule has 3 amide bonds. The summed E-state index contributed by atoms with van der Waals surface area (Å²) >= 11 is 3.65. The van der Waals surface area contributed by atoms with Crippen molar-refractivity contribution in [3.8, 4) is 0 Å². The van der Waals surface area contributed by atoms with Gasteiger partial charge < -0.3 is 34.4 Å². The first kappa shape index (κ1) is 38.6. The van der Waals surface area contributed by atoms with Crippen LogP contribution in [0, 0.1) is 25.7 Å². The number of rotatable bonds is 8. The van der Waals surface area contributed by atoms with Crippen LogP contribution in [0.15, 0.2) is 102 Å². The van der Waals surface area contributed by atoms with Crippen LogP contribution in [-0.4, -0.2) is 90.4 Å². The quantitative estimate of drug-likeness (QED) is 0.243. The lowest BCUT2D eigenvalue weighted by molar-refractivity contribution is -0.162. The van der Waals surface area contributed by atoms with E-state index < -0.39 is 72.2 Å². The molecule has 3 aromatic carbocycles. The van der Waals surface area contributed by atoms with Crippen LogP contribution in [0.4, 0.5) is 5.69 Å². The third kappa shape index (κ3) is 7.17. The van der Waals surface area contributed by atoms with Crippen molar-refractivity contribution in [2.45, 2.75) is 69.0 Å². The summed E-state index contributed by atoms with van der Waals surface area (Å²) in [5.41, 5.74) is 2.32. The monoisotopic (exact) mass is 811 g/mol. The van der Waals surface area contributed by atoms with Crippen LogP contribution >= 0.6 is 15.9 Å². The van der Waals surface area contributed by atoms with Gasteiger partial charge in [-0.25, -0.2) is 0 Å². The van der Waals surface area contributed by atoms with Crippen molar-refractivity contribution in [3.63, 3.8) is 0 Å². The normalized spacial score (nSPS) is 29.4. The van der Waals surface area contributed by atoms with Crippen molar-refractivity contribution < 1.29 is 38.5 Å². The number of aliphatic hydroxyl groups excluding tert-OH is 1. The number of hydrogen-bond acceptors (Lipinski definition) is 8. The first-order valence-electron chi connectivity index (χ1n) is 18.7. The molecule has 12 heteroatoms. The molecule has 11 nitrogen and oxygen atoms in total. The van der Waals surface area contributed by atoms with Crippen molar-refractivity contribution in [1.29, 1.82) is 0 Å². The highest BCUT2D eigenvalue weighted by molar-refractivity contribution is 9.11. The highest BCUT2D eigenvalue weighted by atomic mass is 79.9. The molecule has 7 rings (SSSR count). The number of aliphatic hydroxyl groups is 1. The molecule has 2 fully saturated rings. The Kier molecular flexibility index (Phi) is 11.4. The molecule has 0 aromatic heterocycles. The van der Waals surface area contributed by atoms with E-state index in [1.54, 1.807) is 23.1 Å². The Labute approximate surface area is 329 Å². The van der Waals surface area contributed by atoms with Crippen LogP contribution < -0.4 is 10.2 Å². The molecule has 1 spiro atoms. The number of fused-ring (bicyclic) bond motifs is 2. The van der Waals surface area contributed by atoms with Gasteiger partial charge in [0.2, 0.25) is 11.8 Å². The van der Waals surface area contributed by atoms with E-state index in [9.17, 15) is 14.7 Å². The van der Waals surface area contributed by atoms with E-state index in [-0.39, 0.29) is 31.9 Å². The molecule has 0 radical (unpaired) electrons. The largest absolute Gasteiger partial charge is 0.455 e. The zero-order valence-electron chi connectivity index (χ0n) is 31.1. The number of carbonyl (C=O) groups is 4. The Morgan fingerprint density at radius 2 is 1.62 bits per heavy atom. The minimum Gasteiger partial charge on any atom is -0.455 e. The Bertz CT molecular complexity index is 1970. The van der Waals surface area contributed by atoms with Crippen molar-refractivity contribution in [3.05, 3.63) is 124 Å². The number of nitrogens with one attached hydrogen (secondary N) is 1. The Morgan fingerprint density at radius 3 is 2.29 bits per heavy atom. The summed E-state index contributed by atoms with van der Waals surface area (Å²) < 4.78 is 19.2. The number of methoxy groups -OCH3 is 1. The molecule has 55 heavy (non-hydrogen) atoms. The number of anilines is 1. The fourth-order valence-corrected chi connectivity index (χ4v) is 9.55. The molecule has 288 valence electrons. The predicted octanol–water partition coefficient (Wildman–Crippen LogP) is 4.88. The average molecular weight is 813 g/mol. The van der Waals surface area contributed by atoms with Crippen LogP contribution in [0.3, 0.4) is 0 Å². The maximum Gasteiger partial charge on any atom is 0.313 e. The van der Waals surface area contributed by atoms with Crippen LogP contribution in [0.1, 0.15) is 41.2 Å². The number of nitrogens with zero attached hydrogens (tertiary/aromatic N) is 2. The Balaban J connectivity index is 1.39. The molecule has 4 aliphatic heterocycles. The van der Waals surface area contributed by atoms with Gasteiger partial charge >= 0.3 is 5.97 Å². The summed E-state index contributed by atoms with van der Waals surface area (Å²) in [5.74, 6) is -4.18. The zero-order valence-corrected chi connectivity index (χ0v) is 32.7. The molecule has 2 saturated heterocycles. The summed E-state index contributed by atoms with van der Waals surface area (Å²) in [6, 6.07) is 21.5. The Hall–Kier alpha value is -4.62. The van der Waals surface area contributed by atoms with Gasteiger partial charge in [-0.3, -0.25) is 19.2 Å². The first-order valence-corrected chi connectivity index (χ1v) is 19.5. The molecule has 8 atom stereocenters. The van der Waals surface area contributed by atoms with Crippen LogP contribution in [0.25, 0.3) is 0 Å². The summed E-state index contributed by atoms with van der Waals surface area (Å²) in [5, 5.41) is 14.0. The SMILES string of the molecule is COC[C@H]1NC(=O)CC/C=C\CN(c2c(C)cccc2C)C(=O)[C@@H]2N([C@@H](CO)Cc3ccccc3)C(=O)[C@H]3[C@H](C(=O)O[C@@H]1c1ccccc1)[C@H]1O[C@@]23C=C1Br. The van der Waals surface area contributed by atoms with Gasteiger partial charge in [-0.05, 0) is 55.0 Å². The highest BCUT2D eigenvalue weighted by Crippen LogP contribution is 2.59. The minimum atomic E-state index is -1.57. The van der Waals surface area contributed by atoms with Crippen molar-refractivity contribution >= 4 is 45.3 Å². The van der Waals surface area contributed by atoms with Crippen LogP contribution in [-0.2, 0) is 39.8 Å². The molecule has 0 saturated carbocycles. The lowest BCUT2D eigenvalue weighted by atomic mass is 9.74. The number of allylic oxidation sites excluding steroid dienone is 1. The maximum atomic E-state index is 15.5. The summed E-state index contributed by atoms with van der Waals surface area (Å²) in [6.45, 7) is 3.60. The second-order valence-electron chi connectivity index (χ2n) is 14.7. The third-order valence-corrected chi connectivity index (χ3v) is 11.9. The molecular weight excluding hydrogens is 766 g/mol. The van der Waals surface area contributed by atoms with E-state index in [2.05, 4.69) is 21.2 Å². The number of likely N-dealkylation sites (tertiary alicyclic amines) is 1. The van der Waals surface area contributed by atoms with Gasteiger partial charge in [-0.2, -0.15) is 0 Å². The van der Waals surface area contributed by atoms with Gasteiger partial charge in [0, 0.05) is 30.2 Å². The van der Waals surface area contributed by atoms with Crippen molar-refractivity contribution in [2.75, 3.05) is 31.8 Å². The number of esters is 1. The number of benzene rings is 3. The molecular formula is C43H46BrN3O8. The van der Waals surface area contributed by atoms with Crippen molar-refractivity contribution in [1.82, 2.24) is 10.2 Å². The molecule has 0 aliphatic carbocycles. The number of para-hydroxylation sites is 1. The molecule has 2 N–H and O–H groups in total. The first-order chi connectivity index (χ1) is 26.6. The second-order valence-corrected chi connectivity index (χ2v) is 15.6. The van der Waals surface area contributed by atoms with Crippen molar-refractivity contribution in [2.24, 2.45) is 11.8 Å². The molecule has 4 aliphatic rings. The number of ether oxygens (including phenoxy) is 3. The highest BCUT2D eigenvalue weighted by Gasteiger charge is 2.75. The van der Waals surface area contributed by atoms with Gasteiger partial charge in [-0.1, -0.05) is 107 Å². The van der Waals surface area contributed by atoms with E-state index in [4.69, 9.17) is 14.2 Å². The standard InChI is InChI=1S/C43H46BrN3O8/c1-26-14-13-15-27(2)36(26)46-21-12-6-11-20-33(49)45-32(25-53-3)37(29-18-9-5-10-19-29)54-42(52)34-35-40(50)47(30(24-48)22-28-16-7-4-8-17-28)39(41(46)51)43(35)23-31(44)38(34)55-43/h4-10,12-19,23,30,32,34-35,37-39,48H,11,20-22,24-25H2,1-3H3,(H,45,49)/b12-6-/t30-,32-,34+,35-,37-,38+,39+,43-/m1/s1. The number of amides is 3. The number of halogens is 1. The lowest BCUT2D eigenvalue weighted by Gasteiger charge is -2.39. The summed E-state index contributed by atoms with van der Waals surface area (Å²) in [7, 11) is 1.51. The average Bonchev–Trinajstić information content (AvgIpc) is 3.78. The molecule has 4 heterocycles. The molecule has 5 bridgehead atoms. The Morgan fingerprint density at radius 1 is 0.927 bits per heavy atom. The van der Waals surface area contributed by atoms with E-state index >= 15 is 9.59 Å². The van der Waals surface area contributed by atoms with Crippen LogP contribution in [0.2, 0.25) is 0 Å². The maximum absolute atomic E-state index is 15.5. The molecule has 3 aromatic rings. The van der Waals surface area contributed by atoms with E-state index in [0.29, 0.717) is 22.2 Å². The summed E-state index contributed by atoms with van der Waals surface area (Å²) in [6.07, 6.45) is 4.37. The smallest absolute Gasteiger partial charge is 0.313 e. The van der Waals surface area contributed by atoms with Gasteiger partial charge in [0.15, 0.2) is 0 Å². The van der Waals surface area contributed by atoms with Crippen LogP contribution in [0.5, 0.6) is 0 Å². The minimum absolute atomic E-state index is 0.0433.